The Kier molecular flexibility index (Phi) is 4.03. The molecule has 0 aliphatic heterocycles. The third-order valence-electron chi connectivity index (χ3n) is 2.98. The summed E-state index contributed by atoms with van der Waals surface area (Å²) < 4.78 is 50.9. The zero-order chi connectivity index (χ0) is 16.5. The molecule has 0 atom stereocenters. The van der Waals surface area contributed by atoms with Gasteiger partial charge in [-0.05, 0) is 24.3 Å². The van der Waals surface area contributed by atoms with Crippen LogP contribution in [-0.4, -0.2) is 13.0 Å². The van der Waals surface area contributed by atoms with Crippen LogP contribution in [-0.2, 0) is 6.18 Å². The first-order chi connectivity index (χ1) is 10.2. The zero-order valence-electron chi connectivity index (χ0n) is 11.3. The molecule has 0 aliphatic carbocycles. The molecular formula is C14H10F4N2O2. The third-order valence-corrected chi connectivity index (χ3v) is 2.98. The number of amides is 1. The Morgan fingerprint density at radius 2 is 1.77 bits per heavy atom. The van der Waals surface area contributed by atoms with Crippen molar-refractivity contribution in [3.63, 3.8) is 0 Å². The minimum absolute atomic E-state index is 0.0532. The molecule has 0 bridgehead atoms. The molecule has 0 saturated heterocycles. The highest BCUT2D eigenvalue weighted by Crippen LogP contribution is 2.29. The summed E-state index contributed by atoms with van der Waals surface area (Å²) in [5.74, 6) is -1.46. The van der Waals surface area contributed by atoms with E-state index in [0.29, 0.717) is 18.3 Å². The first-order valence-corrected chi connectivity index (χ1v) is 6.04. The van der Waals surface area contributed by atoms with Crippen LogP contribution in [0.5, 0.6) is 0 Å². The summed E-state index contributed by atoms with van der Waals surface area (Å²) in [6.07, 6.45) is -4.05. The fourth-order valence-corrected chi connectivity index (χ4v) is 1.77. The largest absolute Gasteiger partial charge is 0.618 e. The molecule has 116 valence electrons. The second-order valence-corrected chi connectivity index (χ2v) is 4.46. The number of aromatic nitrogens is 1. The van der Waals surface area contributed by atoms with E-state index >= 15 is 0 Å². The number of hydrogen-bond acceptors (Lipinski definition) is 2. The first kappa shape index (κ1) is 15.7. The fraction of sp³-hybridized carbons (Fsp3) is 0.143. The SMILES string of the molecule is CN(C(=O)c1cc(C(F)(F)F)cc[n+]1[O-])c1ccc(F)cc1. The monoisotopic (exact) mass is 314 g/mol. The number of anilines is 1. The maximum absolute atomic E-state index is 12.8. The number of hydrogen-bond donors (Lipinski definition) is 0. The molecule has 1 aromatic carbocycles. The average Bonchev–Trinajstić information content (AvgIpc) is 2.46. The Balaban J connectivity index is 2.38. The predicted molar refractivity (Wildman–Crippen MR) is 69.5 cm³/mol. The van der Waals surface area contributed by atoms with Gasteiger partial charge in [0.15, 0.2) is 6.20 Å². The molecule has 22 heavy (non-hydrogen) atoms. The number of nitrogens with zero attached hydrogens (tertiary/aromatic N) is 2. The topological polar surface area (TPSA) is 47.2 Å². The lowest BCUT2D eigenvalue weighted by Crippen LogP contribution is -2.40. The fourth-order valence-electron chi connectivity index (χ4n) is 1.77. The van der Waals surface area contributed by atoms with Gasteiger partial charge in [-0.2, -0.15) is 17.9 Å². The van der Waals surface area contributed by atoms with Gasteiger partial charge in [-0.15, -0.1) is 0 Å². The van der Waals surface area contributed by atoms with Crippen LogP contribution in [0.3, 0.4) is 0 Å². The summed E-state index contributed by atoms with van der Waals surface area (Å²) in [4.78, 5) is 13.1. The second kappa shape index (κ2) is 5.63. The third kappa shape index (κ3) is 3.16. The Labute approximate surface area is 122 Å². The van der Waals surface area contributed by atoms with Crippen LogP contribution in [0.15, 0.2) is 42.6 Å². The molecule has 4 nitrogen and oxygen atoms in total. The van der Waals surface area contributed by atoms with Crippen molar-refractivity contribution >= 4 is 11.6 Å². The molecule has 0 fully saturated rings. The van der Waals surface area contributed by atoms with Gasteiger partial charge in [0, 0.05) is 24.9 Å². The summed E-state index contributed by atoms with van der Waals surface area (Å²) in [7, 11) is 1.27. The minimum atomic E-state index is -4.67. The Morgan fingerprint density at radius 3 is 2.32 bits per heavy atom. The molecule has 1 heterocycles. The van der Waals surface area contributed by atoms with Gasteiger partial charge in [-0.3, -0.25) is 4.79 Å². The van der Waals surface area contributed by atoms with E-state index in [2.05, 4.69) is 0 Å². The predicted octanol–water partition coefficient (Wildman–Crippen LogP) is 2.75. The van der Waals surface area contributed by atoms with Gasteiger partial charge in [0.05, 0.1) is 5.56 Å². The van der Waals surface area contributed by atoms with Crippen molar-refractivity contribution in [1.82, 2.24) is 0 Å². The van der Waals surface area contributed by atoms with Crippen LogP contribution in [0.4, 0.5) is 23.2 Å². The summed E-state index contributed by atoms with van der Waals surface area (Å²) in [6, 6.07) is 5.80. The van der Waals surface area contributed by atoms with Crippen LogP contribution in [0.2, 0.25) is 0 Å². The number of pyridine rings is 1. The minimum Gasteiger partial charge on any atom is -0.618 e. The van der Waals surface area contributed by atoms with Gasteiger partial charge in [0.2, 0.25) is 0 Å². The van der Waals surface area contributed by atoms with E-state index in [1.165, 1.54) is 19.2 Å². The van der Waals surface area contributed by atoms with Crippen molar-refractivity contribution in [1.29, 1.82) is 0 Å². The van der Waals surface area contributed by atoms with Gasteiger partial charge in [0.25, 0.3) is 5.69 Å². The van der Waals surface area contributed by atoms with Crippen LogP contribution in [0, 0.1) is 11.0 Å². The van der Waals surface area contributed by atoms with Gasteiger partial charge < -0.3 is 10.1 Å². The number of halogens is 4. The van der Waals surface area contributed by atoms with E-state index in [4.69, 9.17) is 0 Å². The van der Waals surface area contributed by atoms with Crippen molar-refractivity contribution < 1.29 is 27.1 Å². The quantitative estimate of drug-likeness (QED) is 0.486. The molecule has 1 aromatic heterocycles. The second-order valence-electron chi connectivity index (χ2n) is 4.46. The summed E-state index contributed by atoms with van der Waals surface area (Å²) in [5, 5.41) is 11.6. The van der Waals surface area contributed by atoms with E-state index < -0.39 is 29.2 Å². The number of carbonyl (C=O) groups is 1. The number of rotatable bonds is 2. The highest BCUT2D eigenvalue weighted by Gasteiger charge is 2.34. The zero-order valence-corrected chi connectivity index (χ0v) is 11.3. The Hall–Kier alpha value is -2.64. The summed E-state index contributed by atoms with van der Waals surface area (Å²) >= 11 is 0. The van der Waals surface area contributed by atoms with E-state index in [9.17, 15) is 27.6 Å². The van der Waals surface area contributed by atoms with E-state index in [1.807, 2.05) is 0 Å². The lowest BCUT2D eigenvalue weighted by atomic mass is 10.2. The van der Waals surface area contributed by atoms with Crippen molar-refractivity contribution in [3.8, 4) is 0 Å². The standard InChI is InChI=1S/C14H10F4N2O2/c1-19(11-4-2-10(15)3-5-11)13(21)12-8-9(14(16,17)18)6-7-20(12)22/h2-8H,1H3. The van der Waals surface area contributed by atoms with Crippen molar-refractivity contribution in [2.24, 2.45) is 0 Å². The van der Waals surface area contributed by atoms with Gasteiger partial charge in [-0.25, -0.2) is 4.39 Å². The number of alkyl halides is 3. The van der Waals surface area contributed by atoms with Crippen molar-refractivity contribution in [2.75, 3.05) is 11.9 Å². The van der Waals surface area contributed by atoms with Crippen LogP contribution < -0.4 is 9.63 Å². The van der Waals surface area contributed by atoms with Crippen LogP contribution in [0.25, 0.3) is 0 Å². The van der Waals surface area contributed by atoms with Gasteiger partial charge in [-0.1, -0.05) is 0 Å². The molecule has 0 unspecified atom stereocenters. The van der Waals surface area contributed by atoms with E-state index in [1.54, 1.807) is 0 Å². The Bertz CT molecular complexity index is 699. The van der Waals surface area contributed by atoms with Crippen molar-refractivity contribution in [3.05, 3.63) is 64.9 Å². The highest BCUT2D eigenvalue weighted by atomic mass is 19.4. The summed E-state index contributed by atoms with van der Waals surface area (Å²) in [5.41, 5.74) is -1.54. The van der Waals surface area contributed by atoms with Crippen molar-refractivity contribution in [2.45, 2.75) is 6.18 Å². The van der Waals surface area contributed by atoms with Gasteiger partial charge >= 0.3 is 12.1 Å². The number of benzene rings is 1. The van der Waals surface area contributed by atoms with E-state index in [0.717, 1.165) is 17.0 Å². The molecule has 2 rings (SSSR count). The molecule has 1 amide bonds. The molecule has 0 N–H and O–H groups in total. The average molecular weight is 314 g/mol. The normalized spacial score (nSPS) is 11.3. The summed E-state index contributed by atoms with van der Waals surface area (Å²) in [6.45, 7) is 0. The Morgan fingerprint density at radius 1 is 1.18 bits per heavy atom. The maximum atomic E-state index is 12.8. The molecule has 0 spiro atoms. The van der Waals surface area contributed by atoms with Crippen LogP contribution >= 0.6 is 0 Å². The highest BCUT2D eigenvalue weighted by molar-refractivity contribution is 6.03. The van der Waals surface area contributed by atoms with Gasteiger partial charge in [0.1, 0.15) is 5.82 Å². The smallest absolute Gasteiger partial charge is 0.416 e. The molecule has 0 saturated carbocycles. The number of carbonyl (C=O) groups excluding carboxylic acids is 1. The molecular weight excluding hydrogens is 304 g/mol. The first-order valence-electron chi connectivity index (χ1n) is 6.04. The molecule has 0 aliphatic rings. The van der Waals surface area contributed by atoms with Crippen LogP contribution in [0.1, 0.15) is 16.1 Å². The lowest BCUT2D eigenvalue weighted by molar-refractivity contribution is -0.607. The van der Waals surface area contributed by atoms with E-state index in [-0.39, 0.29) is 10.4 Å². The maximum Gasteiger partial charge on any atom is 0.416 e. The molecule has 0 radical (unpaired) electrons. The molecule has 2 aromatic rings. The molecule has 8 heteroatoms. The lowest BCUT2D eigenvalue weighted by Gasteiger charge is -2.17.